The Kier molecular flexibility index (Phi) is 5.19. The highest BCUT2D eigenvalue weighted by Crippen LogP contribution is 2.49. The topological polar surface area (TPSA) is 12.0 Å². The zero-order valence-electron chi connectivity index (χ0n) is 21.7. The van der Waals surface area contributed by atoms with E-state index in [1.54, 1.807) is 0 Å². The first kappa shape index (κ1) is 22.6. The molecule has 0 saturated heterocycles. The average Bonchev–Trinajstić information content (AvgIpc) is 3.20. The first-order valence-corrected chi connectivity index (χ1v) is 13.3. The van der Waals surface area contributed by atoms with Gasteiger partial charge in [0.15, 0.2) is 0 Å². The van der Waals surface area contributed by atoms with E-state index in [1.807, 2.05) is 0 Å². The van der Waals surface area contributed by atoms with Crippen LogP contribution in [0.4, 0.5) is 11.4 Å². The van der Waals surface area contributed by atoms with E-state index in [9.17, 15) is 0 Å². The molecule has 0 spiro atoms. The maximum absolute atomic E-state index is 3.81. The Morgan fingerprint density at radius 2 is 1.18 bits per heavy atom. The van der Waals surface area contributed by atoms with E-state index >= 15 is 0 Å². The van der Waals surface area contributed by atoms with Crippen LogP contribution in [-0.4, -0.2) is 0 Å². The summed E-state index contributed by atoms with van der Waals surface area (Å²) in [6, 6.07) is 48.3. The summed E-state index contributed by atoms with van der Waals surface area (Å²) in [5.74, 6) is 0. The number of rotatable bonds is 4. The van der Waals surface area contributed by atoms with E-state index in [1.165, 1.54) is 55.3 Å². The Morgan fingerprint density at radius 1 is 0.474 bits per heavy atom. The van der Waals surface area contributed by atoms with Crippen LogP contribution in [0.15, 0.2) is 133 Å². The van der Waals surface area contributed by atoms with E-state index in [0.29, 0.717) is 0 Å². The molecule has 1 nitrogen and oxygen atoms in total. The molecular formula is C37H29N. The van der Waals surface area contributed by atoms with Gasteiger partial charge in [0.25, 0.3) is 0 Å². The van der Waals surface area contributed by atoms with Gasteiger partial charge in [-0.3, -0.25) is 0 Å². The van der Waals surface area contributed by atoms with Crippen LogP contribution in [0, 0.1) is 0 Å². The average molecular weight is 488 g/mol. The number of hydrogen-bond donors (Lipinski definition) is 1. The largest absolute Gasteiger partial charge is 0.355 e. The third kappa shape index (κ3) is 3.63. The number of anilines is 2. The van der Waals surface area contributed by atoms with Crippen molar-refractivity contribution in [3.05, 3.63) is 145 Å². The standard InChI is InChI=1S/C37H29N/c1-37(2)34-18-9-8-16-31(34)32-21-20-28(24-35(32)37)38-36-22-19-27(25-11-4-3-5-12-25)23-33(36)30-17-10-14-26-13-6-7-15-29(26)30/h3-24,38H,1-2H3. The number of fused-ring (bicyclic) bond motifs is 4. The van der Waals surface area contributed by atoms with Crippen LogP contribution in [0.2, 0.25) is 0 Å². The van der Waals surface area contributed by atoms with Crippen molar-refractivity contribution >= 4 is 22.1 Å². The Balaban J connectivity index is 1.37. The predicted molar refractivity (Wildman–Crippen MR) is 162 cm³/mol. The molecule has 0 fully saturated rings. The molecule has 0 aliphatic heterocycles. The molecular weight excluding hydrogens is 458 g/mol. The van der Waals surface area contributed by atoms with Gasteiger partial charge in [-0.1, -0.05) is 123 Å². The van der Waals surface area contributed by atoms with Crippen LogP contribution in [-0.2, 0) is 5.41 Å². The molecule has 0 amide bonds. The molecule has 38 heavy (non-hydrogen) atoms. The number of hydrogen-bond acceptors (Lipinski definition) is 1. The molecule has 0 unspecified atom stereocenters. The van der Waals surface area contributed by atoms with Crippen LogP contribution in [0.1, 0.15) is 25.0 Å². The molecule has 0 heterocycles. The number of nitrogens with one attached hydrogen (secondary N) is 1. The molecule has 0 radical (unpaired) electrons. The van der Waals surface area contributed by atoms with Crippen molar-refractivity contribution in [1.82, 2.24) is 0 Å². The highest BCUT2D eigenvalue weighted by molar-refractivity contribution is 6.01. The van der Waals surface area contributed by atoms with Gasteiger partial charge in [-0.05, 0) is 74.0 Å². The van der Waals surface area contributed by atoms with Crippen molar-refractivity contribution < 1.29 is 0 Å². The van der Waals surface area contributed by atoms with Crippen LogP contribution in [0.25, 0.3) is 44.2 Å². The van der Waals surface area contributed by atoms with Gasteiger partial charge in [0, 0.05) is 22.4 Å². The zero-order chi connectivity index (χ0) is 25.7. The van der Waals surface area contributed by atoms with Gasteiger partial charge in [-0.2, -0.15) is 0 Å². The van der Waals surface area contributed by atoms with Crippen molar-refractivity contribution in [2.45, 2.75) is 19.3 Å². The van der Waals surface area contributed by atoms with Gasteiger partial charge < -0.3 is 5.32 Å². The monoisotopic (exact) mass is 487 g/mol. The smallest absolute Gasteiger partial charge is 0.0464 e. The minimum absolute atomic E-state index is 0.0285. The molecule has 182 valence electrons. The van der Waals surface area contributed by atoms with Crippen LogP contribution in [0.5, 0.6) is 0 Å². The molecule has 1 aliphatic carbocycles. The van der Waals surface area contributed by atoms with E-state index < -0.39 is 0 Å². The summed E-state index contributed by atoms with van der Waals surface area (Å²) in [5.41, 5.74) is 12.5. The Bertz CT molecular complexity index is 1810. The van der Waals surface area contributed by atoms with E-state index in [0.717, 1.165) is 11.4 Å². The highest BCUT2D eigenvalue weighted by atomic mass is 14.9. The summed E-state index contributed by atoms with van der Waals surface area (Å²) < 4.78 is 0. The zero-order valence-corrected chi connectivity index (χ0v) is 21.7. The first-order chi connectivity index (χ1) is 18.6. The van der Waals surface area contributed by atoms with Gasteiger partial charge in [-0.25, -0.2) is 0 Å². The van der Waals surface area contributed by atoms with Crippen molar-refractivity contribution in [2.24, 2.45) is 0 Å². The lowest BCUT2D eigenvalue weighted by molar-refractivity contribution is 0.660. The molecule has 0 bridgehead atoms. The fourth-order valence-corrected chi connectivity index (χ4v) is 6.08. The minimum Gasteiger partial charge on any atom is -0.355 e. The Labute approximate surface area is 224 Å². The van der Waals surface area contributed by atoms with Crippen LogP contribution in [0.3, 0.4) is 0 Å². The summed E-state index contributed by atoms with van der Waals surface area (Å²) in [6.07, 6.45) is 0. The molecule has 7 rings (SSSR count). The molecule has 0 atom stereocenters. The molecule has 6 aromatic rings. The second kappa shape index (κ2) is 8.75. The maximum Gasteiger partial charge on any atom is 0.0464 e. The molecule has 1 heteroatoms. The van der Waals surface area contributed by atoms with E-state index in [4.69, 9.17) is 0 Å². The molecule has 0 aromatic heterocycles. The number of benzene rings is 6. The molecule has 6 aromatic carbocycles. The van der Waals surface area contributed by atoms with Gasteiger partial charge in [-0.15, -0.1) is 0 Å². The Morgan fingerprint density at radius 3 is 2.08 bits per heavy atom. The summed E-state index contributed by atoms with van der Waals surface area (Å²) >= 11 is 0. The van der Waals surface area contributed by atoms with Crippen molar-refractivity contribution in [3.63, 3.8) is 0 Å². The van der Waals surface area contributed by atoms with Crippen molar-refractivity contribution in [2.75, 3.05) is 5.32 Å². The Hall–Kier alpha value is -4.62. The van der Waals surface area contributed by atoms with Gasteiger partial charge >= 0.3 is 0 Å². The summed E-state index contributed by atoms with van der Waals surface area (Å²) in [4.78, 5) is 0. The van der Waals surface area contributed by atoms with Crippen molar-refractivity contribution in [3.8, 4) is 33.4 Å². The third-order valence-electron chi connectivity index (χ3n) is 8.07. The fourth-order valence-electron chi connectivity index (χ4n) is 6.08. The second-order valence-corrected chi connectivity index (χ2v) is 10.7. The fraction of sp³-hybridized carbons (Fsp3) is 0.0811. The molecule has 0 saturated carbocycles. The maximum atomic E-state index is 3.81. The third-order valence-corrected chi connectivity index (χ3v) is 8.07. The lowest BCUT2D eigenvalue weighted by Gasteiger charge is -2.22. The quantitative estimate of drug-likeness (QED) is 0.261. The highest BCUT2D eigenvalue weighted by Gasteiger charge is 2.35. The van der Waals surface area contributed by atoms with Gasteiger partial charge in [0.1, 0.15) is 0 Å². The van der Waals surface area contributed by atoms with Crippen LogP contribution < -0.4 is 5.32 Å². The molecule has 1 aliphatic rings. The van der Waals surface area contributed by atoms with Crippen LogP contribution >= 0.6 is 0 Å². The lowest BCUT2D eigenvalue weighted by atomic mass is 9.82. The minimum atomic E-state index is -0.0285. The second-order valence-electron chi connectivity index (χ2n) is 10.7. The van der Waals surface area contributed by atoms with E-state index in [-0.39, 0.29) is 5.41 Å². The predicted octanol–water partition coefficient (Wildman–Crippen LogP) is 10.2. The van der Waals surface area contributed by atoms with E-state index in [2.05, 4.69) is 153 Å². The summed E-state index contributed by atoms with van der Waals surface area (Å²) in [5, 5.41) is 6.32. The first-order valence-electron chi connectivity index (χ1n) is 13.3. The summed E-state index contributed by atoms with van der Waals surface area (Å²) in [7, 11) is 0. The SMILES string of the molecule is CC1(C)c2ccccc2-c2ccc(Nc3ccc(-c4ccccc4)cc3-c3cccc4ccccc34)cc21. The summed E-state index contributed by atoms with van der Waals surface area (Å²) in [6.45, 7) is 4.66. The molecule has 1 N–H and O–H groups in total. The normalized spacial score (nSPS) is 13.2. The van der Waals surface area contributed by atoms with Gasteiger partial charge in [0.2, 0.25) is 0 Å². The van der Waals surface area contributed by atoms with Crippen molar-refractivity contribution in [1.29, 1.82) is 0 Å². The van der Waals surface area contributed by atoms with Gasteiger partial charge in [0.05, 0.1) is 0 Å². The lowest BCUT2D eigenvalue weighted by Crippen LogP contribution is -2.15.